The molecule has 44 heavy (non-hydrogen) atoms. The van der Waals surface area contributed by atoms with Gasteiger partial charge in [-0.3, -0.25) is 0 Å². The van der Waals surface area contributed by atoms with Crippen molar-refractivity contribution in [2.75, 3.05) is 11.9 Å². The molecule has 0 unspecified atom stereocenters. The van der Waals surface area contributed by atoms with E-state index in [1.807, 2.05) is 18.2 Å². The van der Waals surface area contributed by atoms with Gasteiger partial charge >= 0.3 is 0 Å². The number of aromatic nitrogens is 1. The SMILES string of the molecule is C=C/C=C\c1ccc2c(c1)C(C)(C)c1cc(-n3ccc4ccccc43)ccc1-2.CCCNc1ccc(-c2ccccc2)cc1. The van der Waals surface area contributed by atoms with Crippen molar-refractivity contribution in [3.05, 3.63) is 163 Å². The number of hydrogen-bond acceptors (Lipinski definition) is 1. The smallest absolute Gasteiger partial charge is 0.0528 e. The van der Waals surface area contributed by atoms with Gasteiger partial charge in [-0.15, -0.1) is 0 Å². The Morgan fingerprint density at radius 3 is 2.16 bits per heavy atom. The van der Waals surface area contributed by atoms with Gasteiger partial charge in [0.25, 0.3) is 0 Å². The van der Waals surface area contributed by atoms with Crippen LogP contribution in [0.25, 0.3) is 44.9 Å². The van der Waals surface area contributed by atoms with Crippen molar-refractivity contribution in [1.82, 2.24) is 4.57 Å². The van der Waals surface area contributed by atoms with Crippen LogP contribution in [0.3, 0.4) is 0 Å². The number of anilines is 1. The summed E-state index contributed by atoms with van der Waals surface area (Å²) >= 11 is 0. The minimum absolute atomic E-state index is 0.0261. The van der Waals surface area contributed by atoms with Gasteiger partial charge in [0.1, 0.15) is 0 Å². The van der Waals surface area contributed by atoms with E-state index in [4.69, 9.17) is 0 Å². The van der Waals surface area contributed by atoms with Crippen molar-refractivity contribution in [2.45, 2.75) is 32.6 Å². The van der Waals surface area contributed by atoms with E-state index in [-0.39, 0.29) is 5.41 Å². The molecule has 218 valence electrons. The Morgan fingerprint density at radius 2 is 1.41 bits per heavy atom. The number of benzene rings is 5. The standard InChI is InChI=1S/C27H23N.C15H17N/c1-4-5-8-19-11-13-22-23-14-12-21(18-25(23)27(2,3)24(22)17-19)28-16-15-20-9-6-7-10-26(20)28;1-2-12-16-15-10-8-14(9-11-15)13-6-4-3-5-7-13/h4-18H,1H2,2-3H3;3-11,16H,2,12H2,1H3/b8-5-;. The van der Waals surface area contributed by atoms with Crippen LogP contribution in [0.15, 0.2) is 146 Å². The van der Waals surface area contributed by atoms with Crippen LogP contribution in [0.4, 0.5) is 5.69 Å². The third kappa shape index (κ3) is 5.76. The van der Waals surface area contributed by atoms with E-state index < -0.39 is 0 Å². The summed E-state index contributed by atoms with van der Waals surface area (Å²) in [6.07, 6.45) is 9.25. The van der Waals surface area contributed by atoms with Crippen LogP contribution in [0.5, 0.6) is 0 Å². The van der Waals surface area contributed by atoms with Crippen LogP contribution in [-0.2, 0) is 5.41 Å². The number of hydrogen-bond donors (Lipinski definition) is 1. The lowest BCUT2D eigenvalue weighted by Crippen LogP contribution is -2.15. The van der Waals surface area contributed by atoms with Crippen molar-refractivity contribution in [1.29, 1.82) is 0 Å². The average molecular weight is 573 g/mol. The van der Waals surface area contributed by atoms with Gasteiger partial charge in [0.2, 0.25) is 0 Å². The summed E-state index contributed by atoms with van der Waals surface area (Å²) in [4.78, 5) is 0. The summed E-state index contributed by atoms with van der Waals surface area (Å²) in [5.74, 6) is 0. The van der Waals surface area contributed by atoms with Crippen LogP contribution in [-0.4, -0.2) is 11.1 Å². The quantitative estimate of drug-likeness (QED) is 0.188. The average Bonchev–Trinajstić information content (AvgIpc) is 3.60. The first-order valence-electron chi connectivity index (χ1n) is 15.5. The predicted molar refractivity (Wildman–Crippen MR) is 191 cm³/mol. The fraction of sp³-hybridized carbons (Fsp3) is 0.143. The maximum atomic E-state index is 3.78. The molecule has 0 aliphatic heterocycles. The van der Waals surface area contributed by atoms with Crippen LogP contribution in [0.2, 0.25) is 0 Å². The Hall–Kier alpha value is -5.08. The molecular weight excluding hydrogens is 532 g/mol. The third-order valence-corrected chi connectivity index (χ3v) is 8.56. The van der Waals surface area contributed by atoms with E-state index in [1.165, 1.54) is 61.2 Å². The second kappa shape index (κ2) is 12.7. The summed E-state index contributed by atoms with van der Waals surface area (Å²) in [6, 6.07) is 43.4. The van der Waals surface area contributed by atoms with E-state index in [0.717, 1.165) is 13.0 Å². The normalized spacial score (nSPS) is 12.8. The molecule has 0 fully saturated rings. The molecule has 0 atom stereocenters. The molecule has 7 rings (SSSR count). The maximum absolute atomic E-state index is 3.78. The van der Waals surface area contributed by atoms with E-state index in [2.05, 4.69) is 165 Å². The van der Waals surface area contributed by atoms with Crippen LogP contribution >= 0.6 is 0 Å². The number of nitrogens with one attached hydrogen (secondary N) is 1. The second-order valence-corrected chi connectivity index (χ2v) is 11.9. The van der Waals surface area contributed by atoms with Gasteiger partial charge in [0.05, 0.1) is 5.52 Å². The predicted octanol–water partition coefficient (Wildman–Crippen LogP) is 11.3. The highest BCUT2D eigenvalue weighted by molar-refractivity contribution is 5.85. The molecule has 0 saturated heterocycles. The molecule has 1 aliphatic carbocycles. The van der Waals surface area contributed by atoms with Gasteiger partial charge in [0, 0.05) is 29.5 Å². The first kappa shape index (κ1) is 29.0. The number of allylic oxidation sites excluding steroid dienone is 2. The van der Waals surface area contributed by atoms with Crippen molar-refractivity contribution >= 4 is 22.7 Å². The second-order valence-electron chi connectivity index (χ2n) is 11.9. The fourth-order valence-corrected chi connectivity index (χ4v) is 6.16. The maximum Gasteiger partial charge on any atom is 0.0528 e. The first-order chi connectivity index (χ1) is 21.5. The minimum Gasteiger partial charge on any atom is -0.385 e. The van der Waals surface area contributed by atoms with Crippen molar-refractivity contribution in [2.24, 2.45) is 0 Å². The van der Waals surface area contributed by atoms with Crippen LogP contribution < -0.4 is 5.32 Å². The van der Waals surface area contributed by atoms with Crippen molar-refractivity contribution in [3.63, 3.8) is 0 Å². The molecular formula is C42H40N2. The van der Waals surface area contributed by atoms with E-state index >= 15 is 0 Å². The summed E-state index contributed by atoms with van der Waals surface area (Å²) in [5.41, 5.74) is 12.9. The molecule has 1 N–H and O–H groups in total. The minimum atomic E-state index is -0.0261. The van der Waals surface area contributed by atoms with Gasteiger partial charge in [-0.25, -0.2) is 0 Å². The summed E-state index contributed by atoms with van der Waals surface area (Å²) in [7, 11) is 0. The molecule has 1 heterocycles. The zero-order valence-electron chi connectivity index (χ0n) is 25.9. The molecule has 0 amide bonds. The van der Waals surface area contributed by atoms with Crippen LogP contribution in [0.1, 0.15) is 43.9 Å². The summed E-state index contributed by atoms with van der Waals surface area (Å²) in [5, 5.41) is 4.64. The number of nitrogens with zero attached hydrogens (tertiary/aromatic N) is 1. The molecule has 0 spiro atoms. The third-order valence-electron chi connectivity index (χ3n) is 8.56. The van der Waals surface area contributed by atoms with Gasteiger partial charge in [-0.05, 0) is 87.1 Å². The molecule has 2 heteroatoms. The lowest BCUT2D eigenvalue weighted by Gasteiger charge is -2.22. The molecule has 1 aromatic heterocycles. The number of fused-ring (bicyclic) bond motifs is 4. The highest BCUT2D eigenvalue weighted by Gasteiger charge is 2.35. The fourth-order valence-electron chi connectivity index (χ4n) is 6.16. The molecule has 6 aromatic rings. The van der Waals surface area contributed by atoms with E-state index in [1.54, 1.807) is 0 Å². The highest BCUT2D eigenvalue weighted by atomic mass is 15.0. The molecule has 0 saturated carbocycles. The van der Waals surface area contributed by atoms with E-state index in [0.29, 0.717) is 0 Å². The molecule has 1 aliphatic rings. The Bertz CT molecular complexity index is 1920. The highest BCUT2D eigenvalue weighted by Crippen LogP contribution is 2.49. The van der Waals surface area contributed by atoms with Crippen molar-refractivity contribution < 1.29 is 0 Å². The Morgan fingerprint density at radius 1 is 0.727 bits per heavy atom. The van der Waals surface area contributed by atoms with Gasteiger partial charge in [0.15, 0.2) is 0 Å². The molecule has 0 radical (unpaired) electrons. The molecule has 0 bridgehead atoms. The van der Waals surface area contributed by atoms with Gasteiger partial charge < -0.3 is 9.88 Å². The lowest BCUT2D eigenvalue weighted by molar-refractivity contribution is 0.659. The largest absolute Gasteiger partial charge is 0.385 e. The van der Waals surface area contributed by atoms with Crippen LogP contribution in [0, 0.1) is 0 Å². The molecule has 5 aromatic carbocycles. The zero-order chi connectivity index (χ0) is 30.5. The summed E-state index contributed by atoms with van der Waals surface area (Å²) in [6.45, 7) is 11.6. The molecule has 2 nitrogen and oxygen atoms in total. The topological polar surface area (TPSA) is 17.0 Å². The number of para-hydroxylation sites is 1. The van der Waals surface area contributed by atoms with E-state index in [9.17, 15) is 0 Å². The number of rotatable bonds is 7. The summed E-state index contributed by atoms with van der Waals surface area (Å²) < 4.78 is 2.28. The Kier molecular flexibility index (Phi) is 8.34. The van der Waals surface area contributed by atoms with Crippen molar-refractivity contribution in [3.8, 4) is 27.9 Å². The lowest BCUT2D eigenvalue weighted by atomic mass is 9.82. The Balaban J connectivity index is 0.000000182. The first-order valence-corrected chi connectivity index (χ1v) is 15.5. The van der Waals surface area contributed by atoms with Gasteiger partial charge in [-0.1, -0.05) is 131 Å². The Labute approximate surface area is 262 Å². The van der Waals surface area contributed by atoms with Gasteiger partial charge in [-0.2, -0.15) is 0 Å². The zero-order valence-corrected chi connectivity index (χ0v) is 25.9. The monoisotopic (exact) mass is 572 g/mol.